The molecule has 3 nitrogen and oxygen atoms in total. The van der Waals surface area contributed by atoms with Gasteiger partial charge in [0.25, 0.3) is 0 Å². The summed E-state index contributed by atoms with van der Waals surface area (Å²) in [4.78, 5) is 3.88. The zero-order valence-electron chi connectivity index (χ0n) is 11.4. The van der Waals surface area contributed by atoms with Gasteiger partial charge in [-0.3, -0.25) is 0 Å². The highest BCUT2D eigenvalue weighted by atomic mass is 32.1. The lowest BCUT2D eigenvalue weighted by Gasteiger charge is -2.47. The molecule has 0 saturated carbocycles. The van der Waals surface area contributed by atoms with Crippen LogP contribution >= 0.6 is 11.3 Å². The van der Waals surface area contributed by atoms with E-state index in [1.54, 1.807) is 11.3 Å². The average Bonchev–Trinajstić information content (AvgIpc) is 2.85. The second-order valence-electron chi connectivity index (χ2n) is 5.87. The number of thiophene rings is 1. The molecule has 3 rings (SSSR count). The maximum absolute atomic E-state index is 8.84. The molecule has 102 valence electrons. The highest BCUT2D eigenvalue weighted by Crippen LogP contribution is 2.32. The summed E-state index contributed by atoms with van der Waals surface area (Å²) >= 11 is 1.69. The minimum absolute atomic E-state index is 0.652. The van der Waals surface area contributed by atoms with Crippen molar-refractivity contribution in [2.45, 2.75) is 56.8 Å². The van der Waals surface area contributed by atoms with Crippen molar-refractivity contribution in [2.75, 3.05) is 7.05 Å². The summed E-state index contributed by atoms with van der Waals surface area (Å²) < 4.78 is 0. The molecule has 1 aromatic rings. The van der Waals surface area contributed by atoms with E-state index in [-0.39, 0.29) is 0 Å². The summed E-state index contributed by atoms with van der Waals surface area (Å²) in [6.07, 6.45) is 6.70. The van der Waals surface area contributed by atoms with Crippen molar-refractivity contribution in [3.05, 3.63) is 21.9 Å². The predicted molar refractivity (Wildman–Crippen MR) is 78.1 cm³/mol. The molecule has 0 spiro atoms. The van der Waals surface area contributed by atoms with Crippen LogP contribution in [0.3, 0.4) is 0 Å². The van der Waals surface area contributed by atoms with E-state index < -0.39 is 0 Å². The van der Waals surface area contributed by atoms with Crippen molar-refractivity contribution >= 4 is 11.3 Å². The van der Waals surface area contributed by atoms with Crippen LogP contribution in [-0.2, 0) is 6.54 Å². The summed E-state index contributed by atoms with van der Waals surface area (Å²) in [5.41, 5.74) is 0.794. The Bertz CT molecular complexity index is 462. The van der Waals surface area contributed by atoms with Crippen LogP contribution in [0.5, 0.6) is 0 Å². The molecule has 1 N–H and O–H groups in total. The quantitative estimate of drug-likeness (QED) is 0.922. The second kappa shape index (κ2) is 5.62. The van der Waals surface area contributed by atoms with Crippen molar-refractivity contribution in [3.63, 3.8) is 0 Å². The predicted octanol–water partition coefficient (Wildman–Crippen LogP) is 2.72. The monoisotopic (exact) mass is 275 g/mol. The van der Waals surface area contributed by atoms with Gasteiger partial charge in [-0.05, 0) is 38.8 Å². The maximum Gasteiger partial charge on any atom is 0.100 e. The molecule has 19 heavy (non-hydrogen) atoms. The molecule has 2 aliphatic rings. The summed E-state index contributed by atoms with van der Waals surface area (Å²) in [7, 11) is 2.29. The Morgan fingerprint density at radius 1 is 1.42 bits per heavy atom. The summed E-state index contributed by atoms with van der Waals surface area (Å²) in [5.74, 6) is 0. The number of hydrogen-bond acceptors (Lipinski definition) is 4. The molecule has 2 bridgehead atoms. The lowest BCUT2D eigenvalue weighted by molar-refractivity contribution is 0.0483. The lowest BCUT2D eigenvalue weighted by atomic mass is 9.82. The van der Waals surface area contributed by atoms with Gasteiger partial charge in [-0.15, -0.1) is 11.3 Å². The van der Waals surface area contributed by atoms with E-state index in [2.05, 4.69) is 23.3 Å². The Labute approximate surface area is 119 Å². The zero-order chi connectivity index (χ0) is 13.2. The molecule has 2 fully saturated rings. The smallest absolute Gasteiger partial charge is 0.100 e. The van der Waals surface area contributed by atoms with Gasteiger partial charge in [-0.1, -0.05) is 6.42 Å². The number of rotatable bonds is 3. The number of hydrogen-bond donors (Lipinski definition) is 1. The van der Waals surface area contributed by atoms with Gasteiger partial charge in [-0.25, -0.2) is 0 Å². The first kappa shape index (κ1) is 13.1. The van der Waals surface area contributed by atoms with E-state index in [0.29, 0.717) is 6.04 Å². The molecule has 0 radical (unpaired) electrons. The van der Waals surface area contributed by atoms with Crippen LogP contribution in [0.1, 0.15) is 42.5 Å². The van der Waals surface area contributed by atoms with Crippen LogP contribution in [0, 0.1) is 11.3 Å². The Morgan fingerprint density at radius 2 is 2.16 bits per heavy atom. The third-order valence-electron chi connectivity index (χ3n) is 4.69. The van der Waals surface area contributed by atoms with Crippen LogP contribution in [0.4, 0.5) is 0 Å². The lowest BCUT2D eigenvalue weighted by Crippen LogP contribution is -2.54. The van der Waals surface area contributed by atoms with Gasteiger partial charge >= 0.3 is 0 Å². The largest absolute Gasteiger partial charge is 0.309 e. The Balaban J connectivity index is 1.55. The van der Waals surface area contributed by atoms with Crippen molar-refractivity contribution in [1.82, 2.24) is 10.2 Å². The van der Waals surface area contributed by atoms with E-state index in [4.69, 9.17) is 5.26 Å². The molecule has 2 atom stereocenters. The van der Waals surface area contributed by atoms with Crippen molar-refractivity contribution in [1.29, 1.82) is 5.26 Å². The van der Waals surface area contributed by atoms with E-state index in [0.717, 1.165) is 24.2 Å². The van der Waals surface area contributed by atoms with Gasteiger partial charge in [0.2, 0.25) is 0 Å². The molecule has 0 aliphatic carbocycles. The van der Waals surface area contributed by atoms with Crippen molar-refractivity contribution in [2.24, 2.45) is 0 Å². The van der Waals surface area contributed by atoms with Gasteiger partial charge in [0.1, 0.15) is 6.07 Å². The third kappa shape index (κ3) is 2.84. The molecule has 0 aromatic carbocycles. The van der Waals surface area contributed by atoms with Crippen LogP contribution in [0.2, 0.25) is 0 Å². The summed E-state index contributed by atoms with van der Waals surface area (Å²) in [5, 5.41) is 14.5. The van der Waals surface area contributed by atoms with E-state index in [1.807, 2.05) is 11.4 Å². The number of nitrogens with one attached hydrogen (secondary N) is 1. The minimum atomic E-state index is 0.652. The Hall–Kier alpha value is -0.890. The molecule has 3 heterocycles. The van der Waals surface area contributed by atoms with Crippen LogP contribution in [-0.4, -0.2) is 30.1 Å². The number of piperidine rings is 2. The van der Waals surface area contributed by atoms with Gasteiger partial charge in [0.15, 0.2) is 0 Å². The number of fused-ring (bicyclic) bond motifs is 2. The molecular formula is C15H21N3S. The number of nitriles is 1. The standard InChI is InChI=1S/C15H21N3S/c1-18-13-3-2-4-14(18)7-12(6-13)17-9-15-5-11(8-16)10-19-15/h5,10,12-14,17H,2-4,6-7,9H2,1H3. The SMILES string of the molecule is CN1C2CCCC1CC(NCc1cc(C#N)cs1)C2. The highest BCUT2D eigenvalue weighted by molar-refractivity contribution is 7.10. The fraction of sp³-hybridized carbons (Fsp3) is 0.667. The first-order valence-corrected chi connectivity index (χ1v) is 8.07. The molecule has 2 aliphatic heterocycles. The van der Waals surface area contributed by atoms with Gasteiger partial charge in [0, 0.05) is 34.9 Å². The average molecular weight is 275 g/mol. The van der Waals surface area contributed by atoms with Crippen LogP contribution in [0.25, 0.3) is 0 Å². The topological polar surface area (TPSA) is 39.1 Å². The molecule has 0 amide bonds. The first-order chi connectivity index (χ1) is 9.26. The van der Waals surface area contributed by atoms with Crippen LogP contribution in [0.15, 0.2) is 11.4 Å². The highest BCUT2D eigenvalue weighted by Gasteiger charge is 2.35. The molecular weight excluding hydrogens is 254 g/mol. The van der Waals surface area contributed by atoms with Crippen molar-refractivity contribution in [3.8, 4) is 6.07 Å². The van der Waals surface area contributed by atoms with Gasteiger partial charge in [-0.2, -0.15) is 5.26 Å². The summed E-state index contributed by atoms with van der Waals surface area (Å²) in [6, 6.07) is 6.42. The first-order valence-electron chi connectivity index (χ1n) is 7.19. The van der Waals surface area contributed by atoms with E-state index in [9.17, 15) is 0 Å². The summed E-state index contributed by atoms with van der Waals surface area (Å²) in [6.45, 7) is 0.917. The zero-order valence-corrected chi connectivity index (χ0v) is 12.2. The van der Waals surface area contributed by atoms with E-state index in [1.165, 1.54) is 37.0 Å². The Morgan fingerprint density at radius 3 is 2.79 bits per heavy atom. The van der Waals surface area contributed by atoms with Crippen LogP contribution < -0.4 is 5.32 Å². The second-order valence-corrected chi connectivity index (χ2v) is 6.86. The third-order valence-corrected chi connectivity index (χ3v) is 5.62. The molecule has 2 unspecified atom stereocenters. The number of nitrogens with zero attached hydrogens (tertiary/aromatic N) is 2. The normalized spacial score (nSPS) is 31.1. The molecule has 4 heteroatoms. The fourth-order valence-electron chi connectivity index (χ4n) is 3.56. The molecule has 1 aromatic heterocycles. The molecule has 2 saturated heterocycles. The van der Waals surface area contributed by atoms with Gasteiger partial charge < -0.3 is 10.2 Å². The van der Waals surface area contributed by atoms with Crippen molar-refractivity contribution < 1.29 is 0 Å². The fourth-order valence-corrected chi connectivity index (χ4v) is 4.32. The Kier molecular flexibility index (Phi) is 3.88. The van der Waals surface area contributed by atoms with Gasteiger partial charge in [0.05, 0.1) is 5.56 Å². The maximum atomic E-state index is 8.84. The minimum Gasteiger partial charge on any atom is -0.309 e. The van der Waals surface area contributed by atoms with E-state index >= 15 is 0 Å².